The molecule has 1 aliphatic heterocycles. The molecular weight excluding hydrogens is 188 g/mol. The number of nitrogens with one attached hydrogen (secondary N) is 1. The second-order valence-corrected chi connectivity index (χ2v) is 4.20. The van der Waals surface area contributed by atoms with Crippen LogP contribution in [-0.2, 0) is 24.2 Å². The van der Waals surface area contributed by atoms with E-state index in [-0.39, 0.29) is 0 Å². The van der Waals surface area contributed by atoms with E-state index < -0.39 is 0 Å². The number of amides is 1. The summed E-state index contributed by atoms with van der Waals surface area (Å²) in [7, 11) is 0. The number of carbonyl (C=O) groups is 1. The zero-order valence-electron chi connectivity index (χ0n) is 9.25. The molecule has 0 spiro atoms. The fraction of sp³-hybridized carbons (Fsp3) is 0.583. The van der Waals surface area contributed by atoms with Gasteiger partial charge in [0, 0.05) is 30.9 Å². The van der Waals surface area contributed by atoms with Crippen LogP contribution in [-0.4, -0.2) is 17.5 Å². The second kappa shape index (κ2) is 4.51. The maximum Gasteiger partial charge on any atom is 0.207 e. The monoisotopic (exact) mass is 206 g/mol. The normalized spacial score (nSPS) is 14.7. The van der Waals surface area contributed by atoms with Gasteiger partial charge in [-0.25, -0.2) is 0 Å². The minimum atomic E-state index is 0.744. The Morgan fingerprint density at radius 2 is 2.40 bits per heavy atom. The van der Waals surface area contributed by atoms with Crippen molar-refractivity contribution in [3.63, 3.8) is 0 Å². The van der Waals surface area contributed by atoms with Crippen LogP contribution in [0.1, 0.15) is 29.8 Å². The summed E-state index contributed by atoms with van der Waals surface area (Å²) in [5.74, 6) is 0. The molecule has 1 amide bonds. The fourth-order valence-electron chi connectivity index (χ4n) is 2.44. The molecule has 3 heteroatoms. The van der Waals surface area contributed by atoms with E-state index in [1.165, 1.54) is 36.2 Å². The molecule has 0 aliphatic carbocycles. The van der Waals surface area contributed by atoms with E-state index in [2.05, 4.69) is 22.9 Å². The van der Waals surface area contributed by atoms with Crippen molar-refractivity contribution in [2.45, 2.75) is 39.2 Å². The van der Waals surface area contributed by atoms with Crippen LogP contribution in [0.2, 0.25) is 0 Å². The summed E-state index contributed by atoms with van der Waals surface area (Å²) in [5, 5.41) is 2.73. The molecule has 15 heavy (non-hydrogen) atoms. The Morgan fingerprint density at radius 1 is 1.53 bits per heavy atom. The second-order valence-electron chi connectivity index (χ2n) is 4.20. The van der Waals surface area contributed by atoms with Crippen molar-refractivity contribution in [3.05, 3.63) is 23.0 Å². The molecule has 0 saturated heterocycles. The number of nitrogens with zero attached hydrogens (tertiary/aromatic N) is 1. The Bertz CT molecular complexity index is 355. The molecule has 0 unspecified atom stereocenters. The van der Waals surface area contributed by atoms with Crippen molar-refractivity contribution in [1.29, 1.82) is 0 Å². The minimum absolute atomic E-state index is 0.744. The van der Waals surface area contributed by atoms with E-state index in [0.717, 1.165) is 25.9 Å². The van der Waals surface area contributed by atoms with Gasteiger partial charge in [0.15, 0.2) is 0 Å². The van der Waals surface area contributed by atoms with Gasteiger partial charge >= 0.3 is 0 Å². The molecule has 2 heterocycles. The van der Waals surface area contributed by atoms with Crippen LogP contribution < -0.4 is 5.32 Å². The molecule has 1 aromatic heterocycles. The standard InChI is InChI=1S/C12H18N2O/c1-10-8-11-4-2-3-7-14(11)12(10)5-6-13-9-15/h8-9H,2-7H2,1H3,(H,13,15). The number of hydrogen-bond donors (Lipinski definition) is 1. The van der Waals surface area contributed by atoms with Gasteiger partial charge in [0.25, 0.3) is 0 Å². The van der Waals surface area contributed by atoms with Crippen LogP contribution in [0.5, 0.6) is 0 Å². The first-order valence-electron chi connectivity index (χ1n) is 5.68. The lowest BCUT2D eigenvalue weighted by molar-refractivity contribution is -0.109. The number of hydrogen-bond acceptors (Lipinski definition) is 1. The lowest BCUT2D eigenvalue weighted by atomic mass is 10.1. The Kier molecular flexibility index (Phi) is 3.09. The lowest BCUT2D eigenvalue weighted by Gasteiger charge is -2.18. The van der Waals surface area contributed by atoms with Gasteiger partial charge in [-0.3, -0.25) is 4.79 Å². The van der Waals surface area contributed by atoms with Crippen molar-refractivity contribution in [2.24, 2.45) is 0 Å². The van der Waals surface area contributed by atoms with Crippen molar-refractivity contribution in [3.8, 4) is 0 Å². The van der Waals surface area contributed by atoms with Gasteiger partial charge in [-0.05, 0) is 37.8 Å². The van der Waals surface area contributed by atoms with Gasteiger partial charge in [0.1, 0.15) is 0 Å². The van der Waals surface area contributed by atoms with Gasteiger partial charge < -0.3 is 9.88 Å². The van der Waals surface area contributed by atoms with E-state index >= 15 is 0 Å². The van der Waals surface area contributed by atoms with E-state index in [1.807, 2.05) is 0 Å². The largest absolute Gasteiger partial charge is 0.358 e. The average Bonchev–Trinajstić information content (AvgIpc) is 2.56. The highest BCUT2D eigenvalue weighted by atomic mass is 16.1. The van der Waals surface area contributed by atoms with Crippen LogP contribution in [0.3, 0.4) is 0 Å². The van der Waals surface area contributed by atoms with Crippen molar-refractivity contribution in [1.82, 2.24) is 9.88 Å². The summed E-state index contributed by atoms with van der Waals surface area (Å²) >= 11 is 0. The van der Waals surface area contributed by atoms with E-state index in [4.69, 9.17) is 0 Å². The maximum absolute atomic E-state index is 10.2. The molecular formula is C12H18N2O. The van der Waals surface area contributed by atoms with Crippen molar-refractivity contribution in [2.75, 3.05) is 6.54 Å². The predicted octanol–water partition coefficient (Wildman–Crippen LogP) is 1.42. The molecule has 1 aliphatic rings. The molecule has 2 rings (SSSR count). The summed E-state index contributed by atoms with van der Waals surface area (Å²) in [6.07, 6.45) is 5.53. The minimum Gasteiger partial charge on any atom is -0.358 e. The summed E-state index contributed by atoms with van der Waals surface area (Å²) < 4.78 is 2.44. The third-order valence-electron chi connectivity index (χ3n) is 3.16. The maximum atomic E-state index is 10.2. The summed E-state index contributed by atoms with van der Waals surface area (Å²) in [5.41, 5.74) is 4.25. The Hall–Kier alpha value is -1.25. The first-order chi connectivity index (χ1) is 7.33. The highest BCUT2D eigenvalue weighted by Gasteiger charge is 2.14. The number of carbonyl (C=O) groups excluding carboxylic acids is 1. The molecule has 0 radical (unpaired) electrons. The highest BCUT2D eigenvalue weighted by Crippen LogP contribution is 2.22. The van der Waals surface area contributed by atoms with E-state index in [1.54, 1.807) is 0 Å². The molecule has 0 bridgehead atoms. The van der Waals surface area contributed by atoms with Crippen molar-refractivity contribution < 1.29 is 4.79 Å². The summed E-state index contributed by atoms with van der Waals surface area (Å²) in [6, 6.07) is 2.30. The SMILES string of the molecule is Cc1cc2n(c1CCNC=O)CCCC2. The van der Waals surface area contributed by atoms with Gasteiger partial charge in [-0.1, -0.05) is 0 Å². The summed E-state index contributed by atoms with van der Waals surface area (Å²) in [4.78, 5) is 10.2. The smallest absolute Gasteiger partial charge is 0.207 e. The number of aromatic nitrogens is 1. The first-order valence-corrected chi connectivity index (χ1v) is 5.68. The average molecular weight is 206 g/mol. The molecule has 0 fully saturated rings. The lowest BCUT2D eigenvalue weighted by Crippen LogP contribution is -2.19. The first kappa shape index (κ1) is 10.3. The van der Waals surface area contributed by atoms with Crippen molar-refractivity contribution >= 4 is 6.41 Å². The van der Waals surface area contributed by atoms with E-state index in [9.17, 15) is 4.79 Å². The quantitative estimate of drug-likeness (QED) is 0.586. The van der Waals surface area contributed by atoms with Crippen LogP contribution in [0, 0.1) is 6.92 Å². The topological polar surface area (TPSA) is 34.0 Å². The third kappa shape index (κ3) is 2.06. The van der Waals surface area contributed by atoms with Crippen LogP contribution >= 0.6 is 0 Å². The van der Waals surface area contributed by atoms with Gasteiger partial charge in [-0.15, -0.1) is 0 Å². The van der Waals surface area contributed by atoms with Gasteiger partial charge in [-0.2, -0.15) is 0 Å². The molecule has 0 saturated carbocycles. The number of aryl methyl sites for hydroxylation is 2. The number of rotatable bonds is 4. The highest BCUT2D eigenvalue weighted by molar-refractivity contribution is 5.45. The molecule has 0 atom stereocenters. The zero-order valence-corrected chi connectivity index (χ0v) is 9.25. The summed E-state index contributed by atoms with van der Waals surface area (Å²) in [6.45, 7) is 4.06. The van der Waals surface area contributed by atoms with Gasteiger partial charge in [0.05, 0.1) is 0 Å². The molecule has 1 aromatic rings. The fourth-order valence-corrected chi connectivity index (χ4v) is 2.44. The molecule has 82 valence electrons. The van der Waals surface area contributed by atoms with Gasteiger partial charge in [0.2, 0.25) is 6.41 Å². The Morgan fingerprint density at radius 3 is 3.20 bits per heavy atom. The Balaban J connectivity index is 2.14. The molecule has 1 N–H and O–H groups in total. The zero-order chi connectivity index (χ0) is 10.7. The third-order valence-corrected chi connectivity index (χ3v) is 3.16. The molecule has 3 nitrogen and oxygen atoms in total. The predicted molar refractivity (Wildman–Crippen MR) is 59.9 cm³/mol. The van der Waals surface area contributed by atoms with Crippen LogP contribution in [0.4, 0.5) is 0 Å². The number of fused-ring (bicyclic) bond motifs is 1. The Labute approximate surface area is 90.5 Å². The van der Waals surface area contributed by atoms with Crippen LogP contribution in [0.15, 0.2) is 6.07 Å². The molecule has 0 aromatic carbocycles. The van der Waals surface area contributed by atoms with Crippen LogP contribution in [0.25, 0.3) is 0 Å². The van der Waals surface area contributed by atoms with E-state index in [0.29, 0.717) is 0 Å².